The fourth-order valence-electron chi connectivity index (χ4n) is 1.59. The summed E-state index contributed by atoms with van der Waals surface area (Å²) in [6.07, 6.45) is 1.25. The van der Waals surface area contributed by atoms with E-state index in [0.29, 0.717) is 21.4 Å². The molecule has 0 aliphatic rings. The van der Waals surface area contributed by atoms with E-state index in [9.17, 15) is 14.9 Å². The first-order valence-corrected chi connectivity index (χ1v) is 7.08. The van der Waals surface area contributed by atoms with E-state index in [2.05, 4.69) is 4.98 Å². The molecule has 0 amide bonds. The Bertz CT molecular complexity index is 691. The van der Waals surface area contributed by atoms with Gasteiger partial charge in [0.05, 0.1) is 15.5 Å². The van der Waals surface area contributed by atoms with Crippen molar-refractivity contribution in [3.05, 3.63) is 62.8 Å². The van der Waals surface area contributed by atoms with Crippen molar-refractivity contribution in [3.8, 4) is 0 Å². The molecule has 0 aliphatic carbocycles. The molecular formula is C13H9ClN2O4S. The monoisotopic (exact) mass is 324 g/mol. The second-order valence-corrected chi connectivity index (χ2v) is 5.44. The molecule has 0 saturated heterocycles. The number of carboxylic acid groups (broad SMARTS) is 1. The van der Waals surface area contributed by atoms with Gasteiger partial charge in [-0.3, -0.25) is 10.1 Å². The highest BCUT2D eigenvalue weighted by Gasteiger charge is 2.14. The van der Waals surface area contributed by atoms with Gasteiger partial charge < -0.3 is 5.11 Å². The Labute approximate surface area is 128 Å². The van der Waals surface area contributed by atoms with Gasteiger partial charge in [-0.1, -0.05) is 11.6 Å². The van der Waals surface area contributed by atoms with Crippen molar-refractivity contribution in [3.63, 3.8) is 0 Å². The number of halogens is 1. The first-order valence-electron chi connectivity index (χ1n) is 5.72. The lowest BCUT2D eigenvalue weighted by atomic mass is 10.2. The lowest BCUT2D eigenvalue weighted by molar-refractivity contribution is -0.385. The number of nitro groups is 1. The summed E-state index contributed by atoms with van der Waals surface area (Å²) in [4.78, 5) is 25.2. The van der Waals surface area contributed by atoms with Gasteiger partial charge in [0, 0.05) is 28.6 Å². The molecule has 1 aromatic heterocycles. The summed E-state index contributed by atoms with van der Waals surface area (Å²) in [5.41, 5.74) is 0.573. The predicted molar refractivity (Wildman–Crippen MR) is 78.9 cm³/mol. The summed E-state index contributed by atoms with van der Waals surface area (Å²) in [7, 11) is 0. The molecule has 2 rings (SSSR count). The van der Waals surface area contributed by atoms with Crippen LogP contribution in [0.4, 0.5) is 5.69 Å². The molecule has 0 bridgehead atoms. The highest BCUT2D eigenvalue weighted by atomic mass is 35.5. The van der Waals surface area contributed by atoms with Crippen LogP contribution in [0.3, 0.4) is 0 Å². The molecule has 6 nitrogen and oxygen atoms in total. The number of nitrogens with zero attached hydrogens (tertiary/aromatic N) is 2. The van der Waals surface area contributed by atoms with Crippen LogP contribution in [0.15, 0.2) is 41.6 Å². The Morgan fingerprint density at radius 2 is 2.14 bits per heavy atom. The number of thioether (sulfide) groups is 1. The zero-order valence-electron chi connectivity index (χ0n) is 10.5. The van der Waals surface area contributed by atoms with Gasteiger partial charge in [-0.15, -0.1) is 11.8 Å². The highest BCUT2D eigenvalue weighted by Crippen LogP contribution is 2.29. The van der Waals surface area contributed by atoms with Crippen LogP contribution in [-0.4, -0.2) is 21.0 Å². The molecule has 0 spiro atoms. The molecule has 21 heavy (non-hydrogen) atoms. The summed E-state index contributed by atoms with van der Waals surface area (Å²) in [5.74, 6) is -0.736. The lowest BCUT2D eigenvalue weighted by Gasteiger charge is -2.04. The van der Waals surface area contributed by atoms with E-state index >= 15 is 0 Å². The van der Waals surface area contributed by atoms with Crippen molar-refractivity contribution in [2.24, 2.45) is 0 Å². The third kappa shape index (κ3) is 3.93. The minimum absolute atomic E-state index is 0.00550. The summed E-state index contributed by atoms with van der Waals surface area (Å²) >= 11 is 7.11. The number of pyridine rings is 1. The van der Waals surface area contributed by atoms with E-state index in [0.717, 1.165) is 0 Å². The third-order valence-corrected chi connectivity index (χ3v) is 3.82. The van der Waals surface area contributed by atoms with Gasteiger partial charge in [0.25, 0.3) is 5.69 Å². The zero-order chi connectivity index (χ0) is 15.4. The van der Waals surface area contributed by atoms with E-state index in [-0.39, 0.29) is 11.3 Å². The normalized spacial score (nSPS) is 10.3. The van der Waals surface area contributed by atoms with Crippen molar-refractivity contribution in [1.29, 1.82) is 0 Å². The van der Waals surface area contributed by atoms with Crippen molar-refractivity contribution >= 4 is 35.0 Å². The van der Waals surface area contributed by atoms with Gasteiger partial charge in [0.1, 0.15) is 0 Å². The Balaban J connectivity index is 2.14. The zero-order valence-corrected chi connectivity index (χ0v) is 12.1. The maximum absolute atomic E-state index is 10.9. The van der Waals surface area contributed by atoms with Crippen LogP contribution in [0.5, 0.6) is 0 Å². The molecule has 1 aromatic carbocycles. The number of aromatic carboxylic acids is 1. The highest BCUT2D eigenvalue weighted by molar-refractivity contribution is 7.98. The first kappa shape index (κ1) is 15.3. The Hall–Kier alpha value is -2.12. The quantitative estimate of drug-likeness (QED) is 0.512. The molecule has 0 atom stereocenters. The van der Waals surface area contributed by atoms with Crippen LogP contribution in [0.2, 0.25) is 5.02 Å². The molecule has 108 valence electrons. The molecule has 0 unspecified atom stereocenters. The van der Waals surface area contributed by atoms with E-state index in [1.54, 1.807) is 6.07 Å². The summed E-state index contributed by atoms with van der Waals surface area (Å²) in [6, 6.07) is 7.36. The topological polar surface area (TPSA) is 93.3 Å². The SMILES string of the molecule is O=C(O)c1ccc(SCc2cc(Cl)ccc2[N+](=O)[O-])nc1. The number of nitro benzene ring substituents is 1. The second-order valence-electron chi connectivity index (χ2n) is 4.01. The standard InChI is InChI=1S/C13H9ClN2O4S/c14-10-2-3-11(16(19)20)9(5-10)7-21-12-4-1-8(6-15-12)13(17)18/h1-6H,7H2,(H,17,18). The molecular weight excluding hydrogens is 316 g/mol. The minimum Gasteiger partial charge on any atom is -0.478 e. The molecule has 0 saturated carbocycles. The smallest absolute Gasteiger partial charge is 0.337 e. The number of benzene rings is 1. The van der Waals surface area contributed by atoms with Crippen LogP contribution < -0.4 is 0 Å². The molecule has 1 heterocycles. The average molecular weight is 325 g/mol. The minimum atomic E-state index is -1.05. The molecule has 8 heteroatoms. The fourth-order valence-corrected chi connectivity index (χ4v) is 2.61. The van der Waals surface area contributed by atoms with Gasteiger partial charge >= 0.3 is 5.97 Å². The van der Waals surface area contributed by atoms with Crippen molar-refractivity contribution in [2.75, 3.05) is 0 Å². The van der Waals surface area contributed by atoms with Crippen molar-refractivity contribution in [1.82, 2.24) is 4.98 Å². The summed E-state index contributed by atoms with van der Waals surface area (Å²) in [5, 5.41) is 20.7. The summed E-state index contributed by atoms with van der Waals surface area (Å²) < 4.78 is 0. The maximum atomic E-state index is 10.9. The fraction of sp³-hybridized carbons (Fsp3) is 0.0769. The molecule has 2 aromatic rings. The molecule has 0 radical (unpaired) electrons. The number of rotatable bonds is 5. The van der Waals surface area contributed by atoms with Gasteiger partial charge in [0.15, 0.2) is 0 Å². The van der Waals surface area contributed by atoms with E-state index in [1.807, 2.05) is 0 Å². The van der Waals surface area contributed by atoms with Gasteiger partial charge in [0.2, 0.25) is 0 Å². The van der Waals surface area contributed by atoms with E-state index in [4.69, 9.17) is 16.7 Å². The van der Waals surface area contributed by atoms with Crippen LogP contribution in [-0.2, 0) is 5.75 Å². The number of hydrogen-bond donors (Lipinski definition) is 1. The van der Waals surface area contributed by atoms with Gasteiger partial charge in [-0.25, -0.2) is 9.78 Å². The molecule has 1 N–H and O–H groups in total. The van der Waals surface area contributed by atoms with Gasteiger partial charge in [-0.2, -0.15) is 0 Å². The van der Waals surface area contributed by atoms with Crippen LogP contribution >= 0.6 is 23.4 Å². The molecule has 0 fully saturated rings. The lowest BCUT2D eigenvalue weighted by Crippen LogP contribution is -1.97. The number of carboxylic acids is 1. The van der Waals surface area contributed by atoms with Crippen LogP contribution in [0.1, 0.15) is 15.9 Å². The number of hydrogen-bond acceptors (Lipinski definition) is 5. The third-order valence-electron chi connectivity index (χ3n) is 2.60. The maximum Gasteiger partial charge on any atom is 0.337 e. The van der Waals surface area contributed by atoms with Crippen LogP contribution in [0.25, 0.3) is 0 Å². The number of carbonyl (C=O) groups is 1. The average Bonchev–Trinajstić information content (AvgIpc) is 2.45. The van der Waals surface area contributed by atoms with Crippen LogP contribution in [0, 0.1) is 10.1 Å². The second kappa shape index (κ2) is 6.55. The Morgan fingerprint density at radius 1 is 1.38 bits per heavy atom. The Kier molecular flexibility index (Phi) is 4.77. The summed E-state index contributed by atoms with van der Waals surface area (Å²) in [6.45, 7) is 0. The number of aromatic nitrogens is 1. The van der Waals surface area contributed by atoms with E-state index < -0.39 is 10.9 Å². The van der Waals surface area contributed by atoms with Crippen molar-refractivity contribution in [2.45, 2.75) is 10.8 Å². The first-order chi connectivity index (χ1) is 9.97. The predicted octanol–water partition coefficient (Wildman–Crippen LogP) is 3.63. The Morgan fingerprint density at radius 3 is 2.71 bits per heavy atom. The molecule has 0 aliphatic heterocycles. The van der Waals surface area contributed by atoms with Gasteiger partial charge in [-0.05, 0) is 24.3 Å². The van der Waals surface area contributed by atoms with E-state index in [1.165, 1.54) is 42.2 Å². The largest absolute Gasteiger partial charge is 0.478 e. The van der Waals surface area contributed by atoms with Crippen molar-refractivity contribution < 1.29 is 14.8 Å².